The summed E-state index contributed by atoms with van der Waals surface area (Å²) in [4.78, 5) is 13.1. The van der Waals surface area contributed by atoms with Crippen LogP contribution in [0, 0.1) is 0 Å². The molecule has 2 heterocycles. The van der Waals surface area contributed by atoms with E-state index in [9.17, 15) is 4.79 Å². The van der Waals surface area contributed by atoms with E-state index >= 15 is 0 Å². The third-order valence-corrected chi connectivity index (χ3v) is 3.99. The van der Waals surface area contributed by atoms with Gasteiger partial charge in [0.15, 0.2) is 0 Å². The van der Waals surface area contributed by atoms with E-state index in [1.54, 1.807) is 23.6 Å². The topological polar surface area (TPSA) is 79.4 Å². The summed E-state index contributed by atoms with van der Waals surface area (Å²) in [7, 11) is 0. The summed E-state index contributed by atoms with van der Waals surface area (Å²) in [5.74, 6) is 0.379. The molecule has 0 fully saturated rings. The van der Waals surface area contributed by atoms with Gasteiger partial charge in [-0.2, -0.15) is 10.2 Å². The molecule has 1 aromatic carbocycles. The molecule has 3 rings (SSSR count). The number of carbonyl (C=O) groups excluding carboxylic acids is 1. The molecule has 1 amide bonds. The van der Waals surface area contributed by atoms with Gasteiger partial charge >= 0.3 is 0 Å². The molecule has 2 N–H and O–H groups in total. The lowest BCUT2D eigenvalue weighted by Gasteiger charge is -2.07. The number of thiophene rings is 1. The molecular formula is C17H16N4O2S. The maximum Gasteiger partial charge on any atom is 0.289 e. The quantitative estimate of drug-likeness (QED) is 0.534. The van der Waals surface area contributed by atoms with Crippen molar-refractivity contribution in [3.8, 4) is 17.0 Å². The van der Waals surface area contributed by atoms with Gasteiger partial charge in [0.25, 0.3) is 5.91 Å². The van der Waals surface area contributed by atoms with E-state index in [1.165, 1.54) is 0 Å². The molecule has 0 aliphatic rings. The molecular weight excluding hydrogens is 324 g/mol. The van der Waals surface area contributed by atoms with Crippen LogP contribution in [-0.2, 0) is 0 Å². The standard InChI is InChI=1S/C17H16N4O2S/c1-2-23-16-8-4-3-7-13(16)14-10-15(20-19-14)17(22)21-18-11-12-6-5-9-24-12/h3-11H,2H2,1H3,(H,19,20)(H,21,22)/b18-11-. The fourth-order valence-corrected chi connectivity index (χ4v) is 2.70. The van der Waals surface area contributed by atoms with Crippen molar-refractivity contribution in [3.63, 3.8) is 0 Å². The van der Waals surface area contributed by atoms with E-state index in [2.05, 4.69) is 20.7 Å². The number of ether oxygens (including phenoxy) is 1. The van der Waals surface area contributed by atoms with Gasteiger partial charge in [0.05, 0.1) is 18.5 Å². The minimum absolute atomic E-state index is 0.333. The van der Waals surface area contributed by atoms with Crippen LogP contribution in [0.4, 0.5) is 0 Å². The van der Waals surface area contributed by atoms with Crippen molar-refractivity contribution >= 4 is 23.5 Å². The highest BCUT2D eigenvalue weighted by Crippen LogP contribution is 2.28. The van der Waals surface area contributed by atoms with Gasteiger partial charge in [0.1, 0.15) is 11.4 Å². The average Bonchev–Trinajstić information content (AvgIpc) is 3.27. The second-order valence-corrected chi connectivity index (χ2v) is 5.79. The molecule has 0 saturated carbocycles. The highest BCUT2D eigenvalue weighted by molar-refractivity contribution is 7.11. The van der Waals surface area contributed by atoms with Gasteiger partial charge in [-0.15, -0.1) is 11.3 Å². The Bertz CT molecular complexity index is 840. The van der Waals surface area contributed by atoms with Crippen molar-refractivity contribution in [1.82, 2.24) is 15.6 Å². The summed E-state index contributed by atoms with van der Waals surface area (Å²) >= 11 is 1.54. The van der Waals surface area contributed by atoms with E-state index in [-0.39, 0.29) is 5.91 Å². The zero-order chi connectivity index (χ0) is 16.8. The molecule has 0 unspecified atom stereocenters. The van der Waals surface area contributed by atoms with Gasteiger partial charge in [-0.1, -0.05) is 18.2 Å². The maximum absolute atomic E-state index is 12.1. The Labute approximate surface area is 143 Å². The summed E-state index contributed by atoms with van der Waals surface area (Å²) in [6.45, 7) is 2.48. The smallest absolute Gasteiger partial charge is 0.289 e. The molecule has 24 heavy (non-hydrogen) atoms. The number of rotatable bonds is 6. The third-order valence-electron chi connectivity index (χ3n) is 3.19. The van der Waals surface area contributed by atoms with E-state index in [0.29, 0.717) is 18.0 Å². The van der Waals surface area contributed by atoms with Gasteiger partial charge in [-0.05, 0) is 36.6 Å². The molecule has 0 aliphatic carbocycles. The fourth-order valence-electron chi connectivity index (χ4n) is 2.12. The number of H-pyrrole nitrogens is 1. The molecule has 3 aromatic rings. The number of aromatic amines is 1. The Kier molecular flexibility index (Phi) is 5.02. The summed E-state index contributed by atoms with van der Waals surface area (Å²) in [5, 5.41) is 12.8. The highest BCUT2D eigenvalue weighted by atomic mass is 32.1. The Morgan fingerprint density at radius 3 is 3.04 bits per heavy atom. The predicted octanol–water partition coefficient (Wildman–Crippen LogP) is 3.30. The number of amides is 1. The molecule has 7 heteroatoms. The summed E-state index contributed by atoms with van der Waals surface area (Å²) in [6.07, 6.45) is 1.60. The lowest BCUT2D eigenvalue weighted by molar-refractivity contribution is 0.0950. The molecule has 122 valence electrons. The van der Waals surface area contributed by atoms with Crippen molar-refractivity contribution in [2.45, 2.75) is 6.92 Å². The van der Waals surface area contributed by atoms with Crippen molar-refractivity contribution in [1.29, 1.82) is 0 Å². The molecule has 0 saturated heterocycles. The predicted molar refractivity (Wildman–Crippen MR) is 94.6 cm³/mol. The number of hydrogen-bond donors (Lipinski definition) is 2. The number of benzene rings is 1. The van der Waals surface area contributed by atoms with Gasteiger partial charge in [0, 0.05) is 10.4 Å². The van der Waals surface area contributed by atoms with Crippen LogP contribution in [0.25, 0.3) is 11.3 Å². The second-order valence-electron chi connectivity index (χ2n) is 4.81. The van der Waals surface area contributed by atoms with Gasteiger partial charge < -0.3 is 4.74 Å². The first-order chi connectivity index (χ1) is 11.8. The number of nitrogens with zero attached hydrogens (tertiary/aromatic N) is 2. The van der Waals surface area contributed by atoms with Crippen molar-refractivity contribution in [3.05, 3.63) is 58.4 Å². The second kappa shape index (κ2) is 7.56. The third kappa shape index (κ3) is 3.69. The Hall–Kier alpha value is -2.93. The van der Waals surface area contributed by atoms with E-state index in [1.807, 2.05) is 48.7 Å². The molecule has 6 nitrogen and oxygen atoms in total. The number of hydrogen-bond acceptors (Lipinski definition) is 5. The van der Waals surface area contributed by atoms with E-state index in [0.717, 1.165) is 16.2 Å². The minimum Gasteiger partial charge on any atom is -0.493 e. The van der Waals surface area contributed by atoms with Gasteiger partial charge in [0.2, 0.25) is 0 Å². The molecule has 2 aromatic heterocycles. The number of hydrazone groups is 1. The Morgan fingerprint density at radius 2 is 2.25 bits per heavy atom. The summed E-state index contributed by atoms with van der Waals surface area (Å²) in [6, 6.07) is 13.1. The van der Waals surface area contributed by atoms with Crippen LogP contribution < -0.4 is 10.2 Å². The maximum atomic E-state index is 12.1. The molecule has 0 radical (unpaired) electrons. The van der Waals surface area contributed by atoms with Gasteiger partial charge in [-0.25, -0.2) is 5.43 Å². The lowest BCUT2D eigenvalue weighted by atomic mass is 10.1. The lowest BCUT2D eigenvalue weighted by Crippen LogP contribution is -2.17. The number of para-hydroxylation sites is 1. The molecule has 0 atom stereocenters. The van der Waals surface area contributed by atoms with Crippen molar-refractivity contribution in [2.75, 3.05) is 6.61 Å². The first-order valence-electron chi connectivity index (χ1n) is 7.42. The summed E-state index contributed by atoms with van der Waals surface area (Å²) in [5.41, 5.74) is 4.28. The monoisotopic (exact) mass is 340 g/mol. The largest absolute Gasteiger partial charge is 0.493 e. The molecule has 0 spiro atoms. The van der Waals surface area contributed by atoms with E-state index in [4.69, 9.17) is 4.74 Å². The number of aromatic nitrogens is 2. The Balaban J connectivity index is 1.72. The minimum atomic E-state index is -0.351. The number of nitrogens with one attached hydrogen (secondary N) is 2. The fraction of sp³-hybridized carbons (Fsp3) is 0.118. The van der Waals surface area contributed by atoms with Crippen molar-refractivity contribution in [2.24, 2.45) is 5.10 Å². The highest BCUT2D eigenvalue weighted by Gasteiger charge is 2.13. The number of carbonyl (C=O) groups is 1. The van der Waals surface area contributed by atoms with Crippen LogP contribution >= 0.6 is 11.3 Å². The van der Waals surface area contributed by atoms with Crippen LogP contribution in [0.1, 0.15) is 22.3 Å². The summed E-state index contributed by atoms with van der Waals surface area (Å²) < 4.78 is 5.59. The van der Waals surface area contributed by atoms with Crippen molar-refractivity contribution < 1.29 is 9.53 Å². The van der Waals surface area contributed by atoms with Gasteiger partial charge in [-0.3, -0.25) is 9.89 Å². The van der Waals surface area contributed by atoms with Crippen LogP contribution in [0.15, 0.2) is 52.9 Å². The van der Waals surface area contributed by atoms with Crippen LogP contribution in [-0.4, -0.2) is 28.9 Å². The zero-order valence-electron chi connectivity index (χ0n) is 13.0. The SMILES string of the molecule is CCOc1ccccc1-c1cc(C(=O)N/N=C\c2cccs2)[nH]n1. The zero-order valence-corrected chi connectivity index (χ0v) is 13.8. The normalized spacial score (nSPS) is 10.9. The molecule has 0 bridgehead atoms. The first-order valence-corrected chi connectivity index (χ1v) is 8.30. The van der Waals surface area contributed by atoms with Crippen LogP contribution in [0.5, 0.6) is 5.75 Å². The Morgan fingerprint density at radius 1 is 1.38 bits per heavy atom. The first kappa shape index (κ1) is 15.9. The molecule has 0 aliphatic heterocycles. The average molecular weight is 340 g/mol. The van der Waals surface area contributed by atoms with Crippen LogP contribution in [0.2, 0.25) is 0 Å². The van der Waals surface area contributed by atoms with Crippen LogP contribution in [0.3, 0.4) is 0 Å². The van der Waals surface area contributed by atoms with E-state index < -0.39 is 0 Å².